The quantitative estimate of drug-likeness (QED) is 0.0755. The van der Waals surface area contributed by atoms with Gasteiger partial charge in [-0.05, 0) is 39.4 Å². The van der Waals surface area contributed by atoms with Crippen molar-refractivity contribution in [1.29, 1.82) is 0 Å². The zero-order valence-corrected chi connectivity index (χ0v) is 25.3. The van der Waals surface area contributed by atoms with Gasteiger partial charge in [0.1, 0.15) is 0 Å². The molecule has 4 aromatic rings. The molecule has 46 heavy (non-hydrogen) atoms. The van der Waals surface area contributed by atoms with Crippen molar-refractivity contribution in [3.05, 3.63) is 80.9 Å². The summed E-state index contributed by atoms with van der Waals surface area (Å²) >= 11 is -7.32. The SMILES string of the molecule is O=[N+]([O-])c1nc([N+](=O)[O-])[n]([Al-]([n]2nc([N+](=O)[O-])nc2[N+](=O)[O-])([n]2nc([N+](=O)[O-])nc2[N+](=O)[O-])[n]2nc([N+](=O)[O-])nc2[N+](=O)[O-])n1.[K+]. The minimum Gasteiger partial charge on any atom is -0.390 e. The number of nitrogens with zero attached hydrogens (tertiary/aromatic N) is 20. The van der Waals surface area contributed by atoms with Crippen LogP contribution in [0.15, 0.2) is 0 Å². The first kappa shape index (κ1) is 34.4. The van der Waals surface area contributed by atoms with Gasteiger partial charge in [0.25, 0.3) is 0 Å². The summed E-state index contributed by atoms with van der Waals surface area (Å²) in [6.07, 6.45) is 0. The molecule has 0 bridgehead atoms. The molecular weight excluding hydrogens is 698 g/mol. The van der Waals surface area contributed by atoms with Crippen LogP contribution in [0.1, 0.15) is 0 Å². The fourth-order valence-corrected chi connectivity index (χ4v) is 7.70. The van der Waals surface area contributed by atoms with Crippen LogP contribution in [0.4, 0.5) is 47.6 Å². The van der Waals surface area contributed by atoms with Gasteiger partial charge in [0, 0.05) is 40.3 Å². The molecular formula is C8AlKN20O16. The van der Waals surface area contributed by atoms with Crippen molar-refractivity contribution >= 4 is 61.5 Å². The summed E-state index contributed by atoms with van der Waals surface area (Å²) in [6.45, 7) is 0. The molecule has 36 nitrogen and oxygen atoms in total. The molecule has 0 amide bonds. The molecule has 0 atom stereocenters. The standard InChI is InChI=1S/4C2N5O4.Al.K/c4*8-6(9)1-3-2(5-4-1)7(10)11;;/q4*-1;+3;+1. The summed E-state index contributed by atoms with van der Waals surface area (Å²) in [5.74, 6) is -15.5. The smallest absolute Gasteiger partial charge is 0.390 e. The fraction of sp³-hybridized carbons (Fsp3) is 0. The van der Waals surface area contributed by atoms with Gasteiger partial charge in [0.15, 0.2) is 0 Å². The van der Waals surface area contributed by atoms with Crippen LogP contribution >= 0.6 is 0 Å². The van der Waals surface area contributed by atoms with Crippen molar-refractivity contribution in [3.63, 3.8) is 0 Å². The molecule has 0 spiro atoms. The van der Waals surface area contributed by atoms with Crippen molar-refractivity contribution in [2.24, 2.45) is 0 Å². The Bertz CT molecular complexity index is 1740. The molecule has 4 aromatic heterocycles. The second kappa shape index (κ2) is 12.1. The zero-order valence-electron chi connectivity index (χ0n) is 21.1. The predicted molar refractivity (Wildman–Crippen MR) is 121 cm³/mol. The monoisotopic (exact) mass is 698 g/mol. The molecule has 38 heteroatoms. The first-order chi connectivity index (χ1) is 20.9. The van der Waals surface area contributed by atoms with E-state index in [0.29, 0.717) is 0 Å². The van der Waals surface area contributed by atoms with E-state index in [4.69, 9.17) is 0 Å². The van der Waals surface area contributed by atoms with Crippen LogP contribution in [0, 0.1) is 80.9 Å². The van der Waals surface area contributed by atoms with Gasteiger partial charge in [-0.2, -0.15) is 0 Å². The van der Waals surface area contributed by atoms with Gasteiger partial charge >= 0.3 is 113 Å². The Balaban J connectivity index is 0.00000576. The summed E-state index contributed by atoms with van der Waals surface area (Å²) < 4.78 is -2.25. The van der Waals surface area contributed by atoms with Gasteiger partial charge in [0.2, 0.25) is 0 Å². The summed E-state index contributed by atoms with van der Waals surface area (Å²) in [5.41, 5.74) is 0. The minimum absolute atomic E-state index is 0. The molecule has 0 aliphatic rings. The summed E-state index contributed by atoms with van der Waals surface area (Å²) in [7, 11) is 0. The third kappa shape index (κ3) is 5.39. The Kier molecular flexibility index (Phi) is 9.08. The molecule has 0 radical (unpaired) electrons. The molecule has 0 aliphatic carbocycles. The maximum atomic E-state index is 12.0. The number of hydrogen-bond donors (Lipinski definition) is 0. The van der Waals surface area contributed by atoms with Crippen molar-refractivity contribution in [2.45, 2.75) is 0 Å². The Morgan fingerprint density at radius 2 is 0.543 bits per heavy atom. The fourth-order valence-electron chi connectivity index (χ4n) is 3.57. The van der Waals surface area contributed by atoms with Crippen LogP contribution in [-0.2, 0) is 0 Å². The maximum Gasteiger partial charge on any atom is 1.22 e. The molecule has 4 heterocycles. The Hall–Kier alpha value is -6.07. The molecule has 0 unspecified atom stereocenters. The average Bonchev–Trinajstić information content (AvgIpc) is 3.73. The summed E-state index contributed by atoms with van der Waals surface area (Å²) in [5, 5.41) is 106. The second-order valence-corrected chi connectivity index (χ2v) is 10.7. The van der Waals surface area contributed by atoms with Gasteiger partial charge in [-0.1, -0.05) is 0 Å². The summed E-state index contributed by atoms with van der Waals surface area (Å²) in [6, 6.07) is 0. The second-order valence-electron chi connectivity index (χ2n) is 7.38. The Labute approximate surface area is 286 Å². The number of hydrogen-bond acceptors (Lipinski definition) is 24. The maximum absolute atomic E-state index is 12.0. The van der Waals surface area contributed by atoms with E-state index in [0.717, 1.165) is 0 Å². The van der Waals surface area contributed by atoms with Gasteiger partial charge in [-0.25, -0.2) is 14.7 Å². The normalized spacial score (nSPS) is 11.0. The van der Waals surface area contributed by atoms with Gasteiger partial charge in [-0.3, -0.25) is 0 Å². The van der Waals surface area contributed by atoms with E-state index in [1.807, 2.05) is 0 Å². The van der Waals surface area contributed by atoms with Crippen LogP contribution in [0.25, 0.3) is 0 Å². The van der Waals surface area contributed by atoms with Crippen LogP contribution in [0.3, 0.4) is 0 Å². The van der Waals surface area contributed by atoms with Gasteiger partial charge < -0.3 is 80.9 Å². The van der Waals surface area contributed by atoms with Crippen LogP contribution in [0.2, 0.25) is 0 Å². The zero-order chi connectivity index (χ0) is 33.7. The van der Waals surface area contributed by atoms with E-state index < -0.39 is 116 Å². The molecule has 4 rings (SSSR count). The van der Waals surface area contributed by atoms with Crippen molar-refractivity contribution in [3.8, 4) is 0 Å². The topological polar surface area (TPSA) is 468 Å². The van der Waals surface area contributed by atoms with E-state index in [-0.39, 0.29) is 51.4 Å². The molecule has 0 saturated heterocycles. The van der Waals surface area contributed by atoms with E-state index in [1.54, 1.807) is 0 Å². The molecule has 0 fully saturated rings. The van der Waals surface area contributed by atoms with E-state index in [2.05, 4.69) is 40.3 Å². The van der Waals surface area contributed by atoms with E-state index in [9.17, 15) is 80.9 Å². The van der Waals surface area contributed by atoms with Gasteiger partial charge in [-0.15, -0.1) is 0 Å². The third-order valence-corrected chi connectivity index (χ3v) is 9.04. The Morgan fingerprint density at radius 3 is 0.674 bits per heavy atom. The largest absolute Gasteiger partial charge is 1.22 e. The van der Waals surface area contributed by atoms with Gasteiger partial charge in [0.05, 0.1) is 0 Å². The molecule has 0 aliphatic heterocycles. The Morgan fingerprint density at radius 1 is 0.370 bits per heavy atom. The average molecular weight is 698 g/mol. The first-order valence-electron chi connectivity index (χ1n) is 10.1. The molecule has 0 saturated carbocycles. The molecule has 232 valence electrons. The van der Waals surface area contributed by atoms with Crippen LogP contribution in [0.5, 0.6) is 0 Å². The molecule has 0 N–H and O–H groups in total. The third-order valence-electron chi connectivity index (χ3n) is 5.03. The van der Waals surface area contributed by atoms with Crippen molar-refractivity contribution in [1.82, 2.24) is 55.0 Å². The number of aromatic nitrogens is 12. The van der Waals surface area contributed by atoms with Crippen LogP contribution < -0.4 is 51.4 Å². The minimum atomic E-state index is -7.32. The van der Waals surface area contributed by atoms with E-state index >= 15 is 0 Å². The number of nitro groups is 8. The van der Waals surface area contributed by atoms with Crippen molar-refractivity contribution < 1.29 is 90.8 Å². The summed E-state index contributed by atoms with van der Waals surface area (Å²) in [4.78, 5) is 92.6. The van der Waals surface area contributed by atoms with Crippen LogP contribution in [-0.4, -0.2) is 108 Å². The number of rotatable bonds is 12. The van der Waals surface area contributed by atoms with Crippen molar-refractivity contribution in [2.75, 3.05) is 0 Å². The van der Waals surface area contributed by atoms with E-state index in [1.165, 1.54) is 0 Å². The first-order valence-corrected chi connectivity index (χ1v) is 12.2. The molecule has 0 aromatic carbocycles. The predicted octanol–water partition coefficient (Wildman–Crippen LogP) is -5.75.